The van der Waals surface area contributed by atoms with Crippen molar-refractivity contribution in [2.45, 2.75) is 40.2 Å². The SMILES string of the molecule is CCC=C(C)C(=O)NC(C)C(=O)OCC. The second-order valence-electron chi connectivity index (χ2n) is 3.24. The van der Waals surface area contributed by atoms with E-state index in [1.54, 1.807) is 20.8 Å². The van der Waals surface area contributed by atoms with Crippen molar-refractivity contribution in [3.8, 4) is 0 Å². The van der Waals surface area contributed by atoms with Crippen molar-refractivity contribution in [2.75, 3.05) is 6.61 Å². The molecule has 0 bridgehead atoms. The Hall–Kier alpha value is -1.32. The zero-order valence-electron chi connectivity index (χ0n) is 9.79. The third kappa shape index (κ3) is 5.20. The highest BCUT2D eigenvalue weighted by molar-refractivity contribution is 5.95. The van der Waals surface area contributed by atoms with E-state index in [1.165, 1.54) is 0 Å². The number of allylic oxidation sites excluding steroid dienone is 1. The van der Waals surface area contributed by atoms with Crippen LogP contribution in [0.1, 0.15) is 34.1 Å². The molecule has 0 aromatic heterocycles. The summed E-state index contributed by atoms with van der Waals surface area (Å²) in [6.45, 7) is 7.33. The van der Waals surface area contributed by atoms with Crippen molar-refractivity contribution in [1.29, 1.82) is 0 Å². The molecule has 0 saturated heterocycles. The van der Waals surface area contributed by atoms with Gasteiger partial charge in [0.25, 0.3) is 0 Å². The fraction of sp³-hybridized carbons (Fsp3) is 0.636. The Morgan fingerprint density at radius 1 is 1.40 bits per heavy atom. The van der Waals surface area contributed by atoms with E-state index in [1.807, 2.05) is 13.0 Å². The summed E-state index contributed by atoms with van der Waals surface area (Å²) >= 11 is 0. The lowest BCUT2D eigenvalue weighted by atomic mass is 10.2. The number of carbonyl (C=O) groups excluding carboxylic acids is 2. The first kappa shape index (κ1) is 13.7. The zero-order valence-corrected chi connectivity index (χ0v) is 9.79. The standard InChI is InChI=1S/C11H19NO3/c1-5-7-8(3)10(13)12-9(4)11(14)15-6-2/h7,9H,5-6H2,1-4H3,(H,12,13). The lowest BCUT2D eigenvalue weighted by Gasteiger charge is -2.12. The Bertz CT molecular complexity index is 259. The normalized spacial score (nSPS) is 13.2. The molecule has 0 aliphatic rings. The Morgan fingerprint density at radius 3 is 2.47 bits per heavy atom. The quantitative estimate of drug-likeness (QED) is 0.555. The largest absolute Gasteiger partial charge is 0.464 e. The van der Waals surface area contributed by atoms with E-state index in [0.29, 0.717) is 12.2 Å². The van der Waals surface area contributed by atoms with Crippen LogP contribution in [-0.4, -0.2) is 24.5 Å². The number of carbonyl (C=O) groups is 2. The minimum Gasteiger partial charge on any atom is -0.464 e. The zero-order chi connectivity index (χ0) is 11.8. The van der Waals surface area contributed by atoms with Gasteiger partial charge in [0.05, 0.1) is 6.61 Å². The first-order chi connectivity index (χ1) is 7.02. The maximum Gasteiger partial charge on any atom is 0.328 e. The van der Waals surface area contributed by atoms with Crippen LogP contribution in [0.2, 0.25) is 0 Å². The van der Waals surface area contributed by atoms with Gasteiger partial charge in [0, 0.05) is 5.57 Å². The van der Waals surface area contributed by atoms with E-state index >= 15 is 0 Å². The van der Waals surface area contributed by atoms with Crippen LogP contribution in [-0.2, 0) is 14.3 Å². The number of ether oxygens (including phenoxy) is 1. The molecule has 0 spiro atoms. The lowest BCUT2D eigenvalue weighted by molar-refractivity contribution is -0.146. The number of nitrogens with one attached hydrogen (secondary N) is 1. The first-order valence-electron chi connectivity index (χ1n) is 5.17. The van der Waals surface area contributed by atoms with E-state index in [0.717, 1.165) is 6.42 Å². The summed E-state index contributed by atoms with van der Waals surface area (Å²) in [5.41, 5.74) is 0.619. The number of hydrogen-bond donors (Lipinski definition) is 1. The molecule has 0 saturated carbocycles. The first-order valence-corrected chi connectivity index (χ1v) is 5.17. The number of esters is 1. The molecule has 0 radical (unpaired) electrons. The summed E-state index contributed by atoms with van der Waals surface area (Å²) in [5, 5.41) is 2.57. The topological polar surface area (TPSA) is 55.4 Å². The van der Waals surface area contributed by atoms with Gasteiger partial charge in [-0.2, -0.15) is 0 Å². The predicted octanol–water partition coefficient (Wildman–Crippen LogP) is 1.41. The van der Waals surface area contributed by atoms with Gasteiger partial charge in [0.15, 0.2) is 0 Å². The smallest absolute Gasteiger partial charge is 0.328 e. The second kappa shape index (κ2) is 7.04. The van der Waals surface area contributed by atoms with Crippen LogP contribution >= 0.6 is 0 Å². The van der Waals surface area contributed by atoms with E-state index in [2.05, 4.69) is 5.32 Å². The molecular weight excluding hydrogens is 194 g/mol. The average molecular weight is 213 g/mol. The van der Waals surface area contributed by atoms with Gasteiger partial charge >= 0.3 is 5.97 Å². The maximum absolute atomic E-state index is 11.5. The Balaban J connectivity index is 4.18. The molecule has 0 rings (SSSR count). The van der Waals surface area contributed by atoms with Gasteiger partial charge in [0.2, 0.25) is 5.91 Å². The molecule has 86 valence electrons. The molecule has 4 heteroatoms. The van der Waals surface area contributed by atoms with Crippen molar-refractivity contribution in [3.05, 3.63) is 11.6 Å². The minimum atomic E-state index is -0.599. The minimum absolute atomic E-state index is 0.225. The van der Waals surface area contributed by atoms with E-state index in [9.17, 15) is 9.59 Å². The molecule has 1 amide bonds. The summed E-state index contributed by atoms with van der Waals surface area (Å²) in [6.07, 6.45) is 2.61. The number of amides is 1. The van der Waals surface area contributed by atoms with E-state index < -0.39 is 12.0 Å². The fourth-order valence-electron chi connectivity index (χ4n) is 1.04. The van der Waals surface area contributed by atoms with Crippen LogP contribution in [0.25, 0.3) is 0 Å². The number of hydrogen-bond acceptors (Lipinski definition) is 3. The summed E-state index contributed by atoms with van der Waals surface area (Å²) in [4.78, 5) is 22.7. The third-order valence-corrected chi connectivity index (χ3v) is 1.86. The number of rotatable bonds is 5. The van der Waals surface area contributed by atoms with Gasteiger partial charge in [-0.05, 0) is 27.2 Å². The molecule has 0 fully saturated rings. The highest BCUT2D eigenvalue weighted by Gasteiger charge is 2.16. The summed E-state index contributed by atoms with van der Waals surface area (Å²) in [6, 6.07) is -0.599. The van der Waals surface area contributed by atoms with Crippen LogP contribution in [0, 0.1) is 0 Å². The van der Waals surface area contributed by atoms with Gasteiger partial charge < -0.3 is 10.1 Å². The maximum atomic E-state index is 11.5. The monoisotopic (exact) mass is 213 g/mol. The molecule has 0 heterocycles. The van der Waals surface area contributed by atoms with Crippen LogP contribution in [0.15, 0.2) is 11.6 Å². The van der Waals surface area contributed by atoms with Crippen molar-refractivity contribution in [1.82, 2.24) is 5.32 Å². The van der Waals surface area contributed by atoms with Crippen molar-refractivity contribution >= 4 is 11.9 Å². The Morgan fingerprint density at radius 2 is 2.00 bits per heavy atom. The molecule has 4 nitrogen and oxygen atoms in total. The molecule has 0 aromatic carbocycles. The highest BCUT2D eigenvalue weighted by Crippen LogP contribution is 1.97. The molecule has 0 aliphatic carbocycles. The van der Waals surface area contributed by atoms with Crippen LogP contribution < -0.4 is 5.32 Å². The second-order valence-corrected chi connectivity index (χ2v) is 3.24. The third-order valence-electron chi connectivity index (χ3n) is 1.86. The lowest BCUT2D eigenvalue weighted by Crippen LogP contribution is -2.39. The Labute approximate surface area is 90.7 Å². The van der Waals surface area contributed by atoms with Crippen LogP contribution in [0.5, 0.6) is 0 Å². The molecule has 0 aliphatic heterocycles. The van der Waals surface area contributed by atoms with E-state index in [-0.39, 0.29) is 5.91 Å². The van der Waals surface area contributed by atoms with Crippen molar-refractivity contribution in [2.24, 2.45) is 0 Å². The van der Waals surface area contributed by atoms with Gasteiger partial charge in [-0.15, -0.1) is 0 Å². The van der Waals surface area contributed by atoms with Crippen LogP contribution in [0.3, 0.4) is 0 Å². The summed E-state index contributed by atoms with van der Waals surface area (Å²) < 4.78 is 4.77. The highest BCUT2D eigenvalue weighted by atomic mass is 16.5. The molecule has 15 heavy (non-hydrogen) atoms. The molecular formula is C11H19NO3. The predicted molar refractivity (Wildman–Crippen MR) is 58.3 cm³/mol. The van der Waals surface area contributed by atoms with E-state index in [4.69, 9.17) is 4.74 Å². The average Bonchev–Trinajstić information content (AvgIpc) is 2.18. The molecule has 1 unspecified atom stereocenters. The van der Waals surface area contributed by atoms with Gasteiger partial charge in [0.1, 0.15) is 6.04 Å². The van der Waals surface area contributed by atoms with Crippen molar-refractivity contribution in [3.63, 3.8) is 0 Å². The summed E-state index contributed by atoms with van der Waals surface area (Å²) in [7, 11) is 0. The van der Waals surface area contributed by atoms with Crippen LogP contribution in [0.4, 0.5) is 0 Å². The molecule has 1 atom stereocenters. The summed E-state index contributed by atoms with van der Waals surface area (Å²) in [5.74, 6) is -0.632. The van der Waals surface area contributed by atoms with Gasteiger partial charge in [-0.1, -0.05) is 13.0 Å². The van der Waals surface area contributed by atoms with Gasteiger partial charge in [-0.25, -0.2) is 4.79 Å². The fourth-order valence-corrected chi connectivity index (χ4v) is 1.04. The molecule has 1 N–H and O–H groups in total. The van der Waals surface area contributed by atoms with Crippen molar-refractivity contribution < 1.29 is 14.3 Å². The molecule has 0 aromatic rings. The van der Waals surface area contributed by atoms with Gasteiger partial charge in [-0.3, -0.25) is 4.79 Å². The Kier molecular flexibility index (Phi) is 6.42.